The Hall–Kier alpha value is -3.22. The summed E-state index contributed by atoms with van der Waals surface area (Å²) in [6.07, 6.45) is -4.81. The van der Waals surface area contributed by atoms with Crippen molar-refractivity contribution in [1.82, 2.24) is 0 Å². The van der Waals surface area contributed by atoms with E-state index >= 15 is 0 Å². The molecule has 0 unspecified atom stereocenters. The summed E-state index contributed by atoms with van der Waals surface area (Å²) in [5.74, 6) is -0.843. The molecule has 0 atom stereocenters. The Labute approximate surface area is 151 Å². The number of hydrogen-bond acceptors (Lipinski definition) is 3. The Balaban J connectivity index is 1.88. The van der Waals surface area contributed by atoms with Crippen molar-refractivity contribution >= 4 is 33.3 Å². The summed E-state index contributed by atoms with van der Waals surface area (Å²) in [5.41, 5.74) is 1.17. The number of anilines is 2. The van der Waals surface area contributed by atoms with Gasteiger partial charge in [0.05, 0.1) is 11.4 Å². The molecule has 1 heterocycles. The molecule has 1 aromatic heterocycles. The molecule has 0 saturated heterocycles. The van der Waals surface area contributed by atoms with Crippen LogP contribution in [0, 0.1) is 5.82 Å². The van der Waals surface area contributed by atoms with Crippen LogP contribution >= 0.6 is 0 Å². The smallest absolute Gasteiger partial charge is 0.451 e. The summed E-state index contributed by atoms with van der Waals surface area (Å²) in [6.45, 7) is 0. The zero-order chi connectivity index (χ0) is 19.2. The minimum absolute atomic E-state index is 0.105. The van der Waals surface area contributed by atoms with Crippen LogP contribution in [0.25, 0.3) is 21.9 Å². The molecule has 0 aliphatic heterocycles. The number of nitrogens with zero attached hydrogens (tertiary/aromatic N) is 1. The van der Waals surface area contributed by atoms with E-state index in [0.717, 1.165) is 0 Å². The molecular weight excluding hydrogens is 362 g/mol. The predicted octanol–water partition coefficient (Wildman–Crippen LogP) is 6.39. The molecule has 3 aromatic carbocycles. The van der Waals surface area contributed by atoms with Gasteiger partial charge in [-0.2, -0.15) is 0 Å². The van der Waals surface area contributed by atoms with E-state index in [2.05, 4.69) is 4.74 Å². The van der Waals surface area contributed by atoms with E-state index in [1.54, 1.807) is 43.4 Å². The Morgan fingerprint density at radius 3 is 2.19 bits per heavy atom. The SMILES string of the molecule is CN(c1ccccc1OC(F)(F)F)c1cccc2c1oc1c(F)cccc12. The van der Waals surface area contributed by atoms with Crippen LogP contribution in [0.1, 0.15) is 0 Å². The minimum Gasteiger partial charge on any atom is -0.451 e. The average Bonchev–Trinajstić information content (AvgIpc) is 3.01. The zero-order valence-electron chi connectivity index (χ0n) is 14.0. The molecule has 0 bridgehead atoms. The van der Waals surface area contributed by atoms with Crippen LogP contribution in [0.5, 0.6) is 5.75 Å². The van der Waals surface area contributed by atoms with Crippen molar-refractivity contribution in [1.29, 1.82) is 0 Å². The molecule has 3 nitrogen and oxygen atoms in total. The van der Waals surface area contributed by atoms with Gasteiger partial charge in [0.25, 0.3) is 0 Å². The lowest BCUT2D eigenvalue weighted by Crippen LogP contribution is -2.19. The van der Waals surface area contributed by atoms with E-state index < -0.39 is 12.2 Å². The molecule has 0 radical (unpaired) electrons. The molecule has 0 amide bonds. The van der Waals surface area contributed by atoms with Crippen molar-refractivity contribution < 1.29 is 26.7 Å². The molecule has 0 N–H and O–H groups in total. The summed E-state index contributed by atoms with van der Waals surface area (Å²) < 4.78 is 62.1. The molecular formula is C20H13F4NO2. The monoisotopic (exact) mass is 375 g/mol. The quantitative estimate of drug-likeness (QED) is 0.388. The molecule has 0 saturated carbocycles. The normalized spacial score (nSPS) is 11.9. The number of fused-ring (bicyclic) bond motifs is 3. The van der Waals surface area contributed by atoms with Crippen molar-refractivity contribution in [2.75, 3.05) is 11.9 Å². The fourth-order valence-electron chi connectivity index (χ4n) is 3.11. The topological polar surface area (TPSA) is 25.6 Å². The van der Waals surface area contributed by atoms with E-state index in [0.29, 0.717) is 22.0 Å². The van der Waals surface area contributed by atoms with Gasteiger partial charge >= 0.3 is 6.36 Å². The third-order valence-electron chi connectivity index (χ3n) is 4.27. The fraction of sp³-hybridized carbons (Fsp3) is 0.100. The fourth-order valence-corrected chi connectivity index (χ4v) is 3.11. The first-order valence-corrected chi connectivity index (χ1v) is 8.03. The maximum Gasteiger partial charge on any atom is 0.573 e. The van der Waals surface area contributed by atoms with Gasteiger partial charge in [0.2, 0.25) is 0 Å². The van der Waals surface area contributed by atoms with Crippen molar-refractivity contribution in [3.63, 3.8) is 0 Å². The summed E-state index contributed by atoms with van der Waals surface area (Å²) in [5, 5.41) is 1.27. The summed E-state index contributed by atoms with van der Waals surface area (Å²) in [6, 6.07) is 15.6. The number of ether oxygens (including phenoxy) is 1. The van der Waals surface area contributed by atoms with Gasteiger partial charge in [-0.05, 0) is 24.3 Å². The maximum absolute atomic E-state index is 14.1. The molecule has 27 heavy (non-hydrogen) atoms. The number of benzene rings is 3. The van der Waals surface area contributed by atoms with Gasteiger partial charge in [-0.1, -0.05) is 36.4 Å². The molecule has 138 valence electrons. The average molecular weight is 375 g/mol. The highest BCUT2D eigenvalue weighted by Gasteiger charge is 2.32. The molecule has 7 heteroatoms. The molecule has 0 fully saturated rings. The van der Waals surface area contributed by atoms with Gasteiger partial charge in [0.15, 0.2) is 22.7 Å². The van der Waals surface area contributed by atoms with Crippen LogP contribution in [0.4, 0.5) is 28.9 Å². The van der Waals surface area contributed by atoms with Crippen LogP contribution in [0.3, 0.4) is 0 Å². The summed E-state index contributed by atoms with van der Waals surface area (Å²) >= 11 is 0. The predicted molar refractivity (Wildman–Crippen MR) is 94.9 cm³/mol. The van der Waals surface area contributed by atoms with Crippen LogP contribution in [-0.2, 0) is 0 Å². The molecule has 4 aromatic rings. The number of furan rings is 1. The van der Waals surface area contributed by atoms with E-state index in [9.17, 15) is 17.6 Å². The van der Waals surface area contributed by atoms with Gasteiger partial charge in [-0.25, -0.2) is 4.39 Å². The molecule has 0 spiro atoms. The highest BCUT2D eigenvalue weighted by atomic mass is 19.4. The van der Waals surface area contributed by atoms with E-state index in [1.165, 1.54) is 29.2 Å². The third-order valence-corrected chi connectivity index (χ3v) is 4.27. The highest BCUT2D eigenvalue weighted by molar-refractivity contribution is 6.09. The molecule has 0 aliphatic rings. The Morgan fingerprint density at radius 1 is 0.815 bits per heavy atom. The standard InChI is InChI=1S/C20H13F4NO2/c1-25(15-9-2-3-11-17(15)27-20(22,23)24)16-10-5-7-13-12-6-4-8-14(21)18(12)26-19(13)16/h2-11H,1H3. The second kappa shape index (κ2) is 6.19. The largest absolute Gasteiger partial charge is 0.573 e. The molecule has 0 aliphatic carbocycles. The lowest BCUT2D eigenvalue weighted by molar-refractivity contribution is -0.274. The number of para-hydroxylation sites is 4. The highest BCUT2D eigenvalue weighted by Crippen LogP contribution is 2.41. The van der Waals surface area contributed by atoms with Crippen LogP contribution < -0.4 is 9.64 Å². The van der Waals surface area contributed by atoms with E-state index in [1.807, 2.05) is 0 Å². The van der Waals surface area contributed by atoms with Gasteiger partial charge in [0, 0.05) is 17.8 Å². The van der Waals surface area contributed by atoms with E-state index in [-0.39, 0.29) is 17.0 Å². The number of hydrogen-bond donors (Lipinski definition) is 0. The van der Waals surface area contributed by atoms with Gasteiger partial charge in [-0.15, -0.1) is 13.2 Å². The number of rotatable bonds is 3. The van der Waals surface area contributed by atoms with Gasteiger partial charge in [0.1, 0.15) is 0 Å². The van der Waals surface area contributed by atoms with Gasteiger partial charge in [-0.3, -0.25) is 0 Å². The van der Waals surface area contributed by atoms with Crippen LogP contribution in [-0.4, -0.2) is 13.4 Å². The van der Waals surface area contributed by atoms with E-state index in [4.69, 9.17) is 4.42 Å². The lowest BCUT2D eigenvalue weighted by Gasteiger charge is -2.23. The first-order valence-electron chi connectivity index (χ1n) is 8.03. The number of alkyl halides is 3. The van der Waals surface area contributed by atoms with Crippen LogP contribution in [0.15, 0.2) is 65.1 Å². The third kappa shape index (κ3) is 3.05. The second-order valence-electron chi connectivity index (χ2n) is 5.95. The zero-order valence-corrected chi connectivity index (χ0v) is 14.0. The Bertz CT molecular complexity index is 1130. The lowest BCUT2D eigenvalue weighted by atomic mass is 10.1. The minimum atomic E-state index is -4.81. The number of halogens is 4. The van der Waals surface area contributed by atoms with Crippen molar-refractivity contribution in [3.05, 3.63) is 66.5 Å². The van der Waals surface area contributed by atoms with Crippen molar-refractivity contribution in [3.8, 4) is 5.75 Å². The Morgan fingerprint density at radius 2 is 1.44 bits per heavy atom. The maximum atomic E-state index is 14.1. The first kappa shape index (κ1) is 17.2. The van der Waals surface area contributed by atoms with Crippen molar-refractivity contribution in [2.45, 2.75) is 6.36 Å². The van der Waals surface area contributed by atoms with Crippen LogP contribution in [0.2, 0.25) is 0 Å². The van der Waals surface area contributed by atoms with Crippen molar-refractivity contribution in [2.24, 2.45) is 0 Å². The Kier molecular flexibility index (Phi) is 3.95. The summed E-state index contributed by atoms with van der Waals surface area (Å²) in [4.78, 5) is 1.52. The van der Waals surface area contributed by atoms with Gasteiger partial charge < -0.3 is 14.1 Å². The first-order chi connectivity index (χ1) is 12.8. The second-order valence-corrected chi connectivity index (χ2v) is 5.95. The molecule has 4 rings (SSSR count). The summed E-state index contributed by atoms with van der Waals surface area (Å²) in [7, 11) is 1.59.